The summed E-state index contributed by atoms with van der Waals surface area (Å²) in [7, 11) is 0. The molecule has 0 spiro atoms. The van der Waals surface area contributed by atoms with E-state index in [4.69, 9.17) is 4.74 Å². The monoisotopic (exact) mass is 284 g/mol. The van der Waals surface area contributed by atoms with Crippen molar-refractivity contribution < 1.29 is 14.6 Å². The van der Waals surface area contributed by atoms with Gasteiger partial charge in [0.05, 0.1) is 0 Å². The van der Waals surface area contributed by atoms with Gasteiger partial charge in [0.25, 0.3) is 0 Å². The fraction of sp³-hybridized carbons (Fsp3) is 0.278. The van der Waals surface area contributed by atoms with E-state index in [-0.39, 0.29) is 17.6 Å². The molecular formula is C18H20O3. The van der Waals surface area contributed by atoms with E-state index in [1.165, 1.54) is 6.92 Å². The number of ether oxygens (including phenoxy) is 1. The lowest BCUT2D eigenvalue weighted by molar-refractivity contribution is -0.131. The number of aromatic hydroxyl groups is 1. The molecule has 0 saturated heterocycles. The van der Waals surface area contributed by atoms with Gasteiger partial charge in [-0.15, -0.1) is 0 Å². The molecule has 0 saturated carbocycles. The number of rotatable bonds is 4. The number of hydrogen-bond acceptors (Lipinski definition) is 3. The molecule has 0 aromatic heterocycles. The van der Waals surface area contributed by atoms with Gasteiger partial charge in [0.1, 0.15) is 11.5 Å². The third-order valence-electron chi connectivity index (χ3n) is 3.42. The Hall–Kier alpha value is -2.29. The summed E-state index contributed by atoms with van der Waals surface area (Å²) >= 11 is 0. The first kappa shape index (κ1) is 15.1. The smallest absolute Gasteiger partial charge is 0.308 e. The van der Waals surface area contributed by atoms with Gasteiger partial charge in [0, 0.05) is 12.8 Å². The lowest BCUT2D eigenvalue weighted by atomic mass is 9.82. The highest BCUT2D eigenvalue weighted by molar-refractivity contribution is 5.69. The largest absolute Gasteiger partial charge is 0.508 e. The third kappa shape index (κ3) is 3.85. The summed E-state index contributed by atoms with van der Waals surface area (Å²) < 4.78 is 5.06. The second kappa shape index (κ2) is 6.44. The molecule has 0 amide bonds. The lowest BCUT2D eigenvalue weighted by Crippen LogP contribution is -2.08. The first-order chi connectivity index (χ1) is 9.97. The van der Waals surface area contributed by atoms with Crippen LogP contribution in [0.25, 0.3) is 0 Å². The molecule has 3 nitrogen and oxygen atoms in total. The quantitative estimate of drug-likeness (QED) is 0.679. The Bertz CT molecular complexity index is 597. The van der Waals surface area contributed by atoms with Gasteiger partial charge in [-0.1, -0.05) is 38.1 Å². The zero-order valence-corrected chi connectivity index (χ0v) is 12.5. The molecule has 0 heterocycles. The van der Waals surface area contributed by atoms with Crippen molar-refractivity contribution in [3.8, 4) is 11.5 Å². The van der Waals surface area contributed by atoms with Crippen molar-refractivity contribution in [2.24, 2.45) is 5.92 Å². The summed E-state index contributed by atoms with van der Waals surface area (Å²) in [5.41, 5.74) is 2.31. The highest BCUT2D eigenvalue weighted by atomic mass is 16.5. The maximum Gasteiger partial charge on any atom is 0.308 e. The lowest BCUT2D eigenvalue weighted by Gasteiger charge is -2.22. The molecule has 2 aromatic carbocycles. The van der Waals surface area contributed by atoms with Gasteiger partial charge in [0.2, 0.25) is 0 Å². The fourth-order valence-electron chi connectivity index (χ4n) is 2.55. The summed E-state index contributed by atoms with van der Waals surface area (Å²) in [5.74, 6) is 1.15. The van der Waals surface area contributed by atoms with Crippen molar-refractivity contribution in [2.75, 3.05) is 0 Å². The first-order valence-electron chi connectivity index (χ1n) is 7.04. The van der Waals surface area contributed by atoms with E-state index in [0.29, 0.717) is 11.7 Å². The van der Waals surface area contributed by atoms with Crippen molar-refractivity contribution in [2.45, 2.75) is 26.7 Å². The Morgan fingerprint density at radius 2 is 1.43 bits per heavy atom. The Balaban J connectivity index is 2.30. The normalized spacial score (nSPS) is 12.2. The van der Waals surface area contributed by atoms with Crippen molar-refractivity contribution in [3.05, 3.63) is 59.7 Å². The second-order valence-electron chi connectivity index (χ2n) is 5.48. The highest BCUT2D eigenvalue weighted by Crippen LogP contribution is 2.33. The van der Waals surface area contributed by atoms with Crippen LogP contribution in [0.1, 0.15) is 37.8 Å². The van der Waals surface area contributed by atoms with Crippen LogP contribution >= 0.6 is 0 Å². The van der Waals surface area contributed by atoms with E-state index in [1.54, 1.807) is 12.1 Å². The molecule has 0 aliphatic carbocycles. The number of hydrogen-bond donors (Lipinski definition) is 1. The minimum atomic E-state index is -0.318. The predicted molar refractivity (Wildman–Crippen MR) is 82.5 cm³/mol. The zero-order chi connectivity index (χ0) is 15.4. The maximum absolute atomic E-state index is 10.9. The Kier molecular flexibility index (Phi) is 4.63. The summed E-state index contributed by atoms with van der Waals surface area (Å²) in [6, 6.07) is 14.9. The molecule has 2 aromatic rings. The third-order valence-corrected chi connectivity index (χ3v) is 3.42. The van der Waals surface area contributed by atoms with Gasteiger partial charge in [-0.2, -0.15) is 0 Å². The fourth-order valence-corrected chi connectivity index (χ4v) is 2.55. The molecule has 3 heteroatoms. The van der Waals surface area contributed by atoms with E-state index in [2.05, 4.69) is 13.8 Å². The van der Waals surface area contributed by atoms with Crippen LogP contribution in [0.15, 0.2) is 48.5 Å². The van der Waals surface area contributed by atoms with E-state index >= 15 is 0 Å². The van der Waals surface area contributed by atoms with Gasteiger partial charge in [-0.25, -0.2) is 0 Å². The van der Waals surface area contributed by atoms with Crippen molar-refractivity contribution in [3.63, 3.8) is 0 Å². The van der Waals surface area contributed by atoms with Crippen molar-refractivity contribution >= 4 is 5.97 Å². The molecule has 0 unspecified atom stereocenters. The van der Waals surface area contributed by atoms with Gasteiger partial charge in [0.15, 0.2) is 0 Å². The molecule has 0 bridgehead atoms. The zero-order valence-electron chi connectivity index (χ0n) is 12.5. The van der Waals surface area contributed by atoms with E-state index in [9.17, 15) is 9.90 Å². The van der Waals surface area contributed by atoms with Crippen LogP contribution in [-0.2, 0) is 4.79 Å². The van der Waals surface area contributed by atoms with Gasteiger partial charge < -0.3 is 9.84 Å². The Labute approximate surface area is 125 Å². The van der Waals surface area contributed by atoms with Crippen LogP contribution < -0.4 is 4.74 Å². The molecule has 0 aliphatic rings. The first-order valence-corrected chi connectivity index (χ1v) is 7.04. The Morgan fingerprint density at radius 3 is 1.86 bits per heavy atom. The van der Waals surface area contributed by atoms with Crippen LogP contribution in [0.4, 0.5) is 0 Å². The predicted octanol–water partition coefficient (Wildman–Crippen LogP) is 4.11. The van der Waals surface area contributed by atoms with Crippen LogP contribution in [0.5, 0.6) is 11.5 Å². The molecule has 1 N–H and O–H groups in total. The molecule has 110 valence electrons. The topological polar surface area (TPSA) is 46.5 Å². The molecule has 1 atom stereocenters. The summed E-state index contributed by atoms with van der Waals surface area (Å²) in [6.07, 6.45) is 0. The van der Waals surface area contributed by atoms with E-state index in [0.717, 1.165) is 11.1 Å². The Morgan fingerprint density at radius 1 is 0.952 bits per heavy atom. The number of phenols is 1. The highest BCUT2D eigenvalue weighted by Gasteiger charge is 2.18. The SMILES string of the molecule is CC(=O)Oc1ccc([C@@H](c2ccc(O)cc2)C(C)C)cc1. The number of esters is 1. The maximum atomic E-state index is 10.9. The van der Waals surface area contributed by atoms with Crippen LogP contribution in [0.3, 0.4) is 0 Å². The molecule has 21 heavy (non-hydrogen) atoms. The molecule has 0 radical (unpaired) electrons. The average molecular weight is 284 g/mol. The summed E-state index contributed by atoms with van der Waals surface area (Å²) in [4.78, 5) is 10.9. The summed E-state index contributed by atoms with van der Waals surface area (Å²) in [5, 5.41) is 9.42. The minimum Gasteiger partial charge on any atom is -0.508 e. The average Bonchev–Trinajstić information content (AvgIpc) is 2.42. The number of carbonyl (C=O) groups is 1. The van der Waals surface area contributed by atoms with Gasteiger partial charge >= 0.3 is 5.97 Å². The standard InChI is InChI=1S/C18H20O3/c1-12(2)18(14-4-8-16(20)9-5-14)15-6-10-17(11-7-15)21-13(3)19/h4-12,18,20H,1-3H3/t18-/m1/s1. The van der Waals surface area contributed by atoms with Crippen molar-refractivity contribution in [1.82, 2.24) is 0 Å². The number of benzene rings is 2. The number of carbonyl (C=O) groups excluding carboxylic acids is 1. The molecular weight excluding hydrogens is 264 g/mol. The van der Waals surface area contributed by atoms with Crippen LogP contribution in [0, 0.1) is 5.92 Å². The van der Waals surface area contributed by atoms with E-state index < -0.39 is 0 Å². The van der Waals surface area contributed by atoms with Gasteiger partial charge in [-0.3, -0.25) is 4.79 Å². The van der Waals surface area contributed by atoms with Crippen molar-refractivity contribution in [1.29, 1.82) is 0 Å². The molecule has 0 fully saturated rings. The molecule has 0 aliphatic heterocycles. The minimum absolute atomic E-state index is 0.233. The number of phenolic OH excluding ortho intramolecular Hbond substituents is 1. The van der Waals surface area contributed by atoms with Crippen LogP contribution in [-0.4, -0.2) is 11.1 Å². The second-order valence-corrected chi connectivity index (χ2v) is 5.48. The van der Waals surface area contributed by atoms with Crippen LogP contribution in [0.2, 0.25) is 0 Å². The molecule has 2 rings (SSSR count). The van der Waals surface area contributed by atoms with Gasteiger partial charge in [-0.05, 0) is 41.3 Å². The van der Waals surface area contributed by atoms with E-state index in [1.807, 2.05) is 36.4 Å². The summed E-state index contributed by atoms with van der Waals surface area (Å²) in [6.45, 7) is 5.72.